The molecule has 30 rings (SSSR count). The number of para-hydroxylation sites is 3. The number of fused-ring (bicyclic) bond motifs is 21. The summed E-state index contributed by atoms with van der Waals surface area (Å²) in [5.41, 5.74) is 19.7. The number of rotatable bonds is 6. The lowest BCUT2D eigenvalue weighted by atomic mass is 9.88. The number of benzene rings is 21. The predicted molar refractivity (Wildman–Crippen MR) is 536 cm³/mol. The molecule has 9 aromatic heterocycles. The molecule has 0 bridgehead atoms. The lowest BCUT2D eigenvalue weighted by Crippen LogP contribution is -1.95. The predicted octanol–water partition coefficient (Wildman–Crippen LogP) is 32.9. The van der Waals surface area contributed by atoms with Crippen molar-refractivity contribution in [2.75, 3.05) is 0 Å². The molecule has 0 aliphatic carbocycles. The van der Waals surface area contributed by atoms with Gasteiger partial charge in [0.1, 0.15) is 5.58 Å². The van der Waals surface area contributed by atoms with Gasteiger partial charge in [0.15, 0.2) is 5.58 Å². The standard InChI is InChI=1S/C39H22N2O.2C39H22N2S/c1-2-7-23(8-3-1)26-16-13-24-14-18-31-37-25(15-17-28(26)36(24)37)21-33-38(31)30-19-20-40-22-34(30)41(33)32-11-6-10-29-27-9-4-5-12-35(27)42-39(29)32;1-2-7-25(8-3-1)41-33-21-24-15-17-28-26(29-10-6-11-30-27-9-4-5-12-35(27)42-39(29)30)16-13-23-14-18-32(37(24)36(23)28)38(33)31-19-20-40-22-34(31)41;1-2-7-23(8-3-1)26-16-13-24-14-18-31-37-25(15-17-28(26)36(24)37)21-33-38(31)30-19-20-40-22-34(30)41(33)32-11-6-10-29-27-9-4-5-12-35(27)42-39(29)32/h3*1-22H. The zero-order valence-electron chi connectivity index (χ0n) is 67.5. The molecule has 0 spiro atoms. The molecule has 0 amide bonds. The molecule has 0 N–H and O–H groups in total. The van der Waals surface area contributed by atoms with E-state index in [1.165, 1.54) is 220 Å². The van der Waals surface area contributed by atoms with E-state index in [4.69, 9.17) is 4.42 Å². The Morgan fingerprint density at radius 1 is 0.214 bits per heavy atom. The Labute approximate surface area is 726 Å². The van der Waals surface area contributed by atoms with Crippen LogP contribution in [-0.2, 0) is 0 Å². The minimum Gasteiger partial charge on any atom is -0.454 e. The van der Waals surface area contributed by atoms with E-state index in [0.717, 1.165) is 55.4 Å². The Morgan fingerprint density at radius 3 is 1.12 bits per heavy atom. The number of nitrogens with zero attached hydrogens (tertiary/aromatic N) is 6. The Balaban J connectivity index is 0.0000000961. The zero-order chi connectivity index (χ0) is 82.1. The lowest BCUT2D eigenvalue weighted by molar-refractivity contribution is 0.666. The number of hydrogen-bond acceptors (Lipinski definition) is 6. The molecule has 0 saturated carbocycles. The van der Waals surface area contributed by atoms with Crippen molar-refractivity contribution in [1.29, 1.82) is 0 Å². The molecule has 582 valence electrons. The van der Waals surface area contributed by atoms with Crippen LogP contribution in [0, 0.1) is 0 Å². The lowest BCUT2D eigenvalue weighted by Gasteiger charge is -2.16. The van der Waals surface area contributed by atoms with Gasteiger partial charge in [-0.3, -0.25) is 15.0 Å². The molecule has 9 heteroatoms. The second-order valence-electron chi connectivity index (χ2n) is 33.5. The molecule has 0 aliphatic heterocycles. The van der Waals surface area contributed by atoms with Crippen molar-refractivity contribution in [2.45, 2.75) is 0 Å². The first-order valence-electron chi connectivity index (χ1n) is 42.9. The minimum atomic E-state index is 0.888. The summed E-state index contributed by atoms with van der Waals surface area (Å²) in [6.07, 6.45) is 11.8. The fourth-order valence-corrected chi connectivity index (χ4v) is 24.2. The first kappa shape index (κ1) is 69.5. The van der Waals surface area contributed by atoms with Crippen LogP contribution in [0.25, 0.3) is 275 Å². The highest BCUT2D eigenvalue weighted by molar-refractivity contribution is 7.26. The van der Waals surface area contributed by atoms with Crippen molar-refractivity contribution >= 4 is 247 Å². The summed E-state index contributed by atoms with van der Waals surface area (Å²) in [6, 6.07) is 133. The topological polar surface area (TPSA) is 66.6 Å². The Bertz CT molecular complexity index is 9440. The van der Waals surface area contributed by atoms with Gasteiger partial charge in [0.2, 0.25) is 0 Å². The second-order valence-corrected chi connectivity index (χ2v) is 35.6. The summed E-state index contributed by atoms with van der Waals surface area (Å²) in [6.45, 7) is 0. The molecule has 30 aromatic rings. The van der Waals surface area contributed by atoms with Gasteiger partial charge in [-0.25, -0.2) is 0 Å². The summed E-state index contributed by atoms with van der Waals surface area (Å²) in [4.78, 5) is 13.7. The van der Waals surface area contributed by atoms with Gasteiger partial charge in [-0.2, -0.15) is 0 Å². The van der Waals surface area contributed by atoms with Crippen LogP contribution in [0.2, 0.25) is 0 Å². The monoisotopic (exact) mass is 1630 g/mol. The quantitative estimate of drug-likeness (QED) is 0.156. The third kappa shape index (κ3) is 9.89. The molecule has 7 nitrogen and oxygen atoms in total. The maximum atomic E-state index is 6.52. The van der Waals surface area contributed by atoms with Crippen LogP contribution in [0.3, 0.4) is 0 Å². The van der Waals surface area contributed by atoms with E-state index in [1.807, 2.05) is 72.0 Å². The van der Waals surface area contributed by atoms with Crippen molar-refractivity contribution in [1.82, 2.24) is 28.7 Å². The van der Waals surface area contributed by atoms with Gasteiger partial charge in [-0.05, 0) is 204 Å². The van der Waals surface area contributed by atoms with E-state index >= 15 is 0 Å². The van der Waals surface area contributed by atoms with Crippen molar-refractivity contribution in [2.24, 2.45) is 0 Å². The number of hydrogen-bond donors (Lipinski definition) is 0. The third-order valence-corrected chi connectivity index (χ3v) is 29.5. The van der Waals surface area contributed by atoms with Crippen LogP contribution in [0.4, 0.5) is 0 Å². The van der Waals surface area contributed by atoms with Crippen LogP contribution < -0.4 is 0 Å². The van der Waals surface area contributed by atoms with Crippen LogP contribution in [0.5, 0.6) is 0 Å². The normalized spacial score (nSPS) is 12.3. The van der Waals surface area contributed by atoms with Gasteiger partial charge in [0, 0.05) is 109 Å². The molecule has 0 fully saturated rings. The van der Waals surface area contributed by atoms with Gasteiger partial charge in [-0.1, -0.05) is 285 Å². The van der Waals surface area contributed by atoms with Crippen LogP contribution >= 0.6 is 22.7 Å². The van der Waals surface area contributed by atoms with E-state index in [1.54, 1.807) is 0 Å². The molecule has 0 atom stereocenters. The highest BCUT2D eigenvalue weighted by Crippen LogP contribution is 2.53. The fraction of sp³-hybridized carbons (Fsp3) is 0. The molecular weight excluding hydrogens is 1570 g/mol. The van der Waals surface area contributed by atoms with Crippen molar-refractivity contribution < 1.29 is 4.42 Å². The fourth-order valence-electron chi connectivity index (χ4n) is 21.8. The second kappa shape index (κ2) is 26.7. The van der Waals surface area contributed by atoms with E-state index in [2.05, 4.69) is 381 Å². The van der Waals surface area contributed by atoms with E-state index in [9.17, 15) is 0 Å². The van der Waals surface area contributed by atoms with Gasteiger partial charge in [0.25, 0.3) is 0 Å². The minimum absolute atomic E-state index is 0.888. The van der Waals surface area contributed by atoms with E-state index in [-0.39, 0.29) is 0 Å². The van der Waals surface area contributed by atoms with Crippen molar-refractivity contribution in [3.63, 3.8) is 0 Å². The average Bonchev–Trinajstić information content (AvgIpc) is 1.35. The highest BCUT2D eigenvalue weighted by Gasteiger charge is 2.27. The molecular formula is C117H66N6OS2. The van der Waals surface area contributed by atoms with Gasteiger partial charge in [0.05, 0.1) is 67.8 Å². The third-order valence-electron chi connectivity index (χ3n) is 27.1. The summed E-state index contributed by atoms with van der Waals surface area (Å²) >= 11 is 3.77. The van der Waals surface area contributed by atoms with Crippen LogP contribution in [-0.4, -0.2) is 28.7 Å². The smallest absolute Gasteiger partial charge is 0.159 e. The van der Waals surface area contributed by atoms with Gasteiger partial charge < -0.3 is 18.1 Å². The van der Waals surface area contributed by atoms with E-state index < -0.39 is 0 Å². The van der Waals surface area contributed by atoms with Crippen LogP contribution in [0.1, 0.15) is 0 Å². The maximum absolute atomic E-state index is 6.52. The van der Waals surface area contributed by atoms with Gasteiger partial charge in [-0.15, -0.1) is 22.7 Å². The molecule has 126 heavy (non-hydrogen) atoms. The average molecular weight is 1640 g/mol. The molecule has 0 radical (unpaired) electrons. The van der Waals surface area contributed by atoms with Gasteiger partial charge >= 0.3 is 0 Å². The Morgan fingerprint density at radius 2 is 0.587 bits per heavy atom. The number of furan rings is 1. The Kier molecular flexibility index (Phi) is 14.7. The summed E-state index contributed by atoms with van der Waals surface area (Å²) in [5, 5.41) is 38.4. The largest absolute Gasteiger partial charge is 0.454 e. The summed E-state index contributed by atoms with van der Waals surface area (Å²) in [5.74, 6) is 0. The molecule has 0 saturated heterocycles. The SMILES string of the molecule is c1ccc(-c2ccc3ccc4c5c(ccc2c35)cc2c4c3ccncc3n2-c2cccc3c2oc2ccccc23)cc1.c1ccc(-c2ccc3ccc4c5c(ccc2c35)cc2c4c3ccncc3n2-c2cccc3c2sc2ccccc23)cc1.c1ccc(-n2c3cnccc3c3c4ccc5ccc(-c6cccc7c6sc6ccccc67)c6ccc(cc32)c4c56)cc1. The van der Waals surface area contributed by atoms with E-state index in [0.29, 0.717) is 0 Å². The Hall–Kier alpha value is -16.2. The number of aromatic nitrogens is 6. The van der Waals surface area contributed by atoms with Crippen molar-refractivity contribution in [3.05, 3.63) is 401 Å². The van der Waals surface area contributed by atoms with Crippen LogP contribution in [0.15, 0.2) is 406 Å². The number of pyridine rings is 3. The summed E-state index contributed by atoms with van der Waals surface area (Å²) in [7, 11) is 0. The maximum Gasteiger partial charge on any atom is 0.159 e. The molecule has 9 heterocycles. The highest BCUT2D eigenvalue weighted by atomic mass is 32.1. The zero-order valence-corrected chi connectivity index (χ0v) is 69.1. The first-order valence-corrected chi connectivity index (χ1v) is 44.5. The molecule has 0 unspecified atom stereocenters. The van der Waals surface area contributed by atoms with Crippen molar-refractivity contribution in [3.8, 4) is 50.4 Å². The summed E-state index contributed by atoms with van der Waals surface area (Å²) < 4.78 is 19.0. The molecule has 21 aromatic carbocycles. The molecule has 0 aliphatic rings. The number of thiophene rings is 2. The first-order chi connectivity index (χ1) is 62.5.